The van der Waals surface area contributed by atoms with E-state index in [9.17, 15) is 4.79 Å². The van der Waals surface area contributed by atoms with Crippen LogP contribution in [0, 0.1) is 5.92 Å². The minimum absolute atomic E-state index is 0.197. The van der Waals surface area contributed by atoms with Crippen molar-refractivity contribution in [2.45, 2.75) is 45.1 Å². The molecule has 0 aromatic heterocycles. The molecule has 102 valence electrons. The Kier molecular flexibility index (Phi) is 5.20. The van der Waals surface area contributed by atoms with Gasteiger partial charge in [-0.05, 0) is 30.7 Å². The number of benzene rings is 1. The molecule has 1 fully saturated rings. The Morgan fingerprint density at radius 2 is 2.11 bits per heavy atom. The fourth-order valence-corrected chi connectivity index (χ4v) is 2.52. The van der Waals surface area contributed by atoms with Gasteiger partial charge in [-0.25, -0.2) is 0 Å². The highest BCUT2D eigenvalue weighted by molar-refractivity contribution is 5.76. The van der Waals surface area contributed by atoms with Crippen molar-refractivity contribution < 1.29 is 4.79 Å². The first-order chi connectivity index (χ1) is 9.24. The SMILES string of the molecule is CC(/C=C/[C@H]1CCCCC(=O)N1)Cc1ccccc1. The summed E-state index contributed by atoms with van der Waals surface area (Å²) in [6.07, 6.45) is 9.39. The van der Waals surface area contributed by atoms with Crippen molar-refractivity contribution >= 4 is 5.91 Å². The van der Waals surface area contributed by atoms with Gasteiger partial charge in [-0.2, -0.15) is 0 Å². The Labute approximate surface area is 115 Å². The van der Waals surface area contributed by atoms with Crippen LogP contribution in [0.15, 0.2) is 42.5 Å². The molecule has 1 aromatic rings. The molecule has 0 saturated carbocycles. The van der Waals surface area contributed by atoms with Crippen LogP contribution in [-0.2, 0) is 11.2 Å². The lowest BCUT2D eigenvalue weighted by Crippen LogP contribution is -2.31. The lowest BCUT2D eigenvalue weighted by molar-refractivity contribution is -0.121. The Morgan fingerprint density at radius 1 is 1.32 bits per heavy atom. The Balaban J connectivity index is 1.85. The van der Waals surface area contributed by atoms with Crippen LogP contribution in [0.25, 0.3) is 0 Å². The second-order valence-corrected chi connectivity index (χ2v) is 5.47. The van der Waals surface area contributed by atoms with Gasteiger partial charge < -0.3 is 5.32 Å². The molecule has 2 rings (SSSR count). The molecular formula is C17H23NO. The number of rotatable bonds is 4. The number of carbonyl (C=O) groups is 1. The average Bonchev–Trinajstić information content (AvgIpc) is 2.62. The average molecular weight is 257 g/mol. The largest absolute Gasteiger partial charge is 0.350 e. The lowest BCUT2D eigenvalue weighted by atomic mass is 9.99. The molecule has 1 unspecified atom stereocenters. The van der Waals surface area contributed by atoms with E-state index in [1.807, 2.05) is 6.07 Å². The van der Waals surface area contributed by atoms with Gasteiger partial charge in [0.25, 0.3) is 0 Å². The number of nitrogens with one attached hydrogen (secondary N) is 1. The zero-order valence-corrected chi connectivity index (χ0v) is 11.6. The normalized spacial score (nSPS) is 21.9. The van der Waals surface area contributed by atoms with Crippen LogP contribution >= 0.6 is 0 Å². The van der Waals surface area contributed by atoms with Crippen LogP contribution in [0.1, 0.15) is 38.2 Å². The quantitative estimate of drug-likeness (QED) is 0.822. The summed E-state index contributed by atoms with van der Waals surface area (Å²) in [5.41, 5.74) is 1.37. The first-order valence-electron chi connectivity index (χ1n) is 7.25. The van der Waals surface area contributed by atoms with Gasteiger partial charge in [0.15, 0.2) is 0 Å². The molecule has 1 aromatic carbocycles. The van der Waals surface area contributed by atoms with Crippen LogP contribution in [0.3, 0.4) is 0 Å². The van der Waals surface area contributed by atoms with Crippen molar-refractivity contribution in [2.24, 2.45) is 5.92 Å². The Morgan fingerprint density at radius 3 is 2.89 bits per heavy atom. The summed E-state index contributed by atoms with van der Waals surface area (Å²) in [6, 6.07) is 10.8. The van der Waals surface area contributed by atoms with Gasteiger partial charge in [-0.3, -0.25) is 4.79 Å². The van der Waals surface area contributed by atoms with Crippen LogP contribution in [0.4, 0.5) is 0 Å². The molecule has 2 heteroatoms. The van der Waals surface area contributed by atoms with Crippen molar-refractivity contribution in [3.63, 3.8) is 0 Å². The van der Waals surface area contributed by atoms with Crippen LogP contribution in [-0.4, -0.2) is 11.9 Å². The van der Waals surface area contributed by atoms with Gasteiger partial charge in [-0.15, -0.1) is 0 Å². The molecule has 2 atom stereocenters. The summed E-state index contributed by atoms with van der Waals surface area (Å²) in [4.78, 5) is 11.5. The highest BCUT2D eigenvalue weighted by Crippen LogP contribution is 2.13. The summed E-state index contributed by atoms with van der Waals surface area (Å²) >= 11 is 0. The van der Waals surface area contributed by atoms with E-state index >= 15 is 0 Å². The van der Waals surface area contributed by atoms with Crippen molar-refractivity contribution in [1.29, 1.82) is 0 Å². The molecular weight excluding hydrogens is 234 g/mol. The molecule has 19 heavy (non-hydrogen) atoms. The third-order valence-electron chi connectivity index (χ3n) is 3.59. The van der Waals surface area contributed by atoms with E-state index in [0.29, 0.717) is 12.3 Å². The van der Waals surface area contributed by atoms with Crippen molar-refractivity contribution in [2.75, 3.05) is 0 Å². The summed E-state index contributed by atoms with van der Waals surface area (Å²) < 4.78 is 0. The number of amides is 1. The standard InChI is InChI=1S/C17H23NO/c1-14(13-15-7-3-2-4-8-15)11-12-16-9-5-6-10-17(19)18-16/h2-4,7-8,11-12,14,16H,5-6,9-10,13H2,1H3,(H,18,19)/b12-11+/t14?,16-/m1/s1. The minimum atomic E-state index is 0.197. The van der Waals surface area contributed by atoms with Crippen molar-refractivity contribution in [3.8, 4) is 0 Å². The van der Waals surface area contributed by atoms with Crippen LogP contribution in [0.5, 0.6) is 0 Å². The summed E-state index contributed by atoms with van der Waals surface area (Å²) in [6.45, 7) is 2.22. The summed E-state index contributed by atoms with van der Waals surface area (Å²) in [5.74, 6) is 0.699. The smallest absolute Gasteiger partial charge is 0.220 e. The Bertz CT molecular complexity index is 424. The molecule has 1 saturated heterocycles. The topological polar surface area (TPSA) is 29.1 Å². The maximum Gasteiger partial charge on any atom is 0.220 e. The number of hydrogen-bond acceptors (Lipinski definition) is 1. The molecule has 0 spiro atoms. The molecule has 1 aliphatic rings. The van der Waals surface area contributed by atoms with E-state index in [2.05, 4.69) is 48.7 Å². The zero-order chi connectivity index (χ0) is 13.5. The molecule has 0 radical (unpaired) electrons. The van der Waals surface area contributed by atoms with E-state index in [4.69, 9.17) is 0 Å². The molecule has 0 bridgehead atoms. The molecule has 1 heterocycles. The first kappa shape index (κ1) is 13.9. The minimum Gasteiger partial charge on any atom is -0.350 e. The van der Waals surface area contributed by atoms with Crippen molar-refractivity contribution in [3.05, 3.63) is 48.0 Å². The van der Waals surface area contributed by atoms with E-state index < -0.39 is 0 Å². The third-order valence-corrected chi connectivity index (χ3v) is 3.59. The zero-order valence-electron chi connectivity index (χ0n) is 11.6. The molecule has 1 aliphatic heterocycles. The van der Waals surface area contributed by atoms with Gasteiger partial charge in [-0.1, -0.05) is 55.8 Å². The maximum absolute atomic E-state index is 11.5. The third kappa shape index (κ3) is 4.90. The van der Waals surface area contributed by atoms with Crippen LogP contribution in [0.2, 0.25) is 0 Å². The molecule has 0 aliphatic carbocycles. The number of hydrogen-bond donors (Lipinski definition) is 1. The van der Waals surface area contributed by atoms with E-state index in [1.165, 1.54) is 5.56 Å². The highest BCUT2D eigenvalue weighted by atomic mass is 16.1. The van der Waals surface area contributed by atoms with Crippen LogP contribution < -0.4 is 5.32 Å². The van der Waals surface area contributed by atoms with Gasteiger partial charge in [0.1, 0.15) is 0 Å². The predicted octanol–water partition coefficient (Wildman–Crippen LogP) is 3.48. The Hall–Kier alpha value is -1.57. The molecule has 2 nitrogen and oxygen atoms in total. The predicted molar refractivity (Wildman–Crippen MR) is 78.8 cm³/mol. The van der Waals surface area contributed by atoms with Gasteiger partial charge in [0, 0.05) is 12.5 Å². The fraction of sp³-hybridized carbons (Fsp3) is 0.471. The van der Waals surface area contributed by atoms with Crippen molar-refractivity contribution in [1.82, 2.24) is 5.32 Å². The summed E-state index contributed by atoms with van der Waals surface area (Å²) in [7, 11) is 0. The first-order valence-corrected chi connectivity index (χ1v) is 7.25. The lowest BCUT2D eigenvalue weighted by Gasteiger charge is -2.12. The van der Waals surface area contributed by atoms with Gasteiger partial charge in [0.05, 0.1) is 0 Å². The molecule has 1 amide bonds. The van der Waals surface area contributed by atoms with E-state index in [0.717, 1.165) is 25.7 Å². The van der Waals surface area contributed by atoms with Gasteiger partial charge >= 0.3 is 0 Å². The second-order valence-electron chi connectivity index (χ2n) is 5.47. The molecule has 1 N–H and O–H groups in total. The highest BCUT2D eigenvalue weighted by Gasteiger charge is 2.13. The van der Waals surface area contributed by atoms with E-state index in [1.54, 1.807) is 0 Å². The van der Waals surface area contributed by atoms with E-state index in [-0.39, 0.29) is 11.9 Å². The fourth-order valence-electron chi connectivity index (χ4n) is 2.52. The maximum atomic E-state index is 11.5. The van der Waals surface area contributed by atoms with Gasteiger partial charge in [0.2, 0.25) is 5.91 Å². The number of allylic oxidation sites excluding steroid dienone is 1. The second kappa shape index (κ2) is 7.13. The summed E-state index contributed by atoms with van der Waals surface area (Å²) in [5, 5.41) is 3.07. The monoisotopic (exact) mass is 257 g/mol. The number of carbonyl (C=O) groups excluding carboxylic acids is 1.